The number of thiophene rings is 1. The fourth-order valence-corrected chi connectivity index (χ4v) is 2.68. The third-order valence-electron chi connectivity index (χ3n) is 2.51. The van der Waals surface area contributed by atoms with E-state index in [1.54, 1.807) is 0 Å². The highest BCUT2D eigenvalue weighted by atomic mass is 32.1. The summed E-state index contributed by atoms with van der Waals surface area (Å²) in [4.78, 5) is 13.7. The number of morpholine rings is 1. The second kappa shape index (κ2) is 4.33. The second-order valence-electron chi connectivity index (χ2n) is 3.99. The van der Waals surface area contributed by atoms with Gasteiger partial charge in [0.05, 0.1) is 17.1 Å². The van der Waals surface area contributed by atoms with Crippen molar-refractivity contribution in [1.82, 2.24) is 0 Å². The Morgan fingerprint density at radius 3 is 2.67 bits per heavy atom. The lowest BCUT2D eigenvalue weighted by Gasteiger charge is -2.36. The van der Waals surface area contributed by atoms with Crippen molar-refractivity contribution < 1.29 is 9.53 Å². The molecule has 4 heteroatoms. The maximum Gasteiger partial charge on any atom is 0.160 e. The van der Waals surface area contributed by atoms with Crippen molar-refractivity contribution in [3.05, 3.63) is 16.3 Å². The van der Waals surface area contributed by atoms with Crippen molar-refractivity contribution in [3.8, 4) is 0 Å². The molecular formula is C11H15NO2S. The number of carbonyl (C=O) groups excluding carboxylic acids is 1. The van der Waals surface area contributed by atoms with Gasteiger partial charge in [0.1, 0.15) is 0 Å². The zero-order valence-corrected chi connectivity index (χ0v) is 9.79. The van der Waals surface area contributed by atoms with Crippen LogP contribution in [0.1, 0.15) is 23.5 Å². The first kappa shape index (κ1) is 10.6. The van der Waals surface area contributed by atoms with E-state index in [0.29, 0.717) is 0 Å². The molecule has 0 radical (unpaired) electrons. The molecule has 2 heterocycles. The molecule has 0 N–H and O–H groups in total. The van der Waals surface area contributed by atoms with Gasteiger partial charge in [-0.25, -0.2) is 0 Å². The number of ether oxygens (including phenoxy) is 1. The number of carbonyl (C=O) groups is 1. The Morgan fingerprint density at radius 1 is 1.47 bits per heavy atom. The summed E-state index contributed by atoms with van der Waals surface area (Å²) < 4.78 is 5.66. The van der Waals surface area contributed by atoms with Crippen molar-refractivity contribution >= 4 is 23.3 Å². The normalized spacial score (nSPS) is 26.7. The van der Waals surface area contributed by atoms with Gasteiger partial charge in [-0.15, -0.1) is 11.3 Å². The third-order valence-corrected chi connectivity index (χ3v) is 3.35. The highest BCUT2D eigenvalue weighted by Crippen LogP contribution is 2.25. The molecule has 0 aromatic carbocycles. The lowest BCUT2D eigenvalue weighted by atomic mass is 10.2. The van der Waals surface area contributed by atoms with Gasteiger partial charge in [0.2, 0.25) is 0 Å². The SMILES string of the molecule is C[C@@H]1CN(c2csc(C=O)c2)C[C@H](C)O1. The maximum absolute atomic E-state index is 10.6. The molecule has 0 amide bonds. The van der Waals surface area contributed by atoms with Crippen LogP contribution in [0.15, 0.2) is 11.4 Å². The number of nitrogens with zero attached hydrogens (tertiary/aromatic N) is 1. The van der Waals surface area contributed by atoms with Crippen molar-refractivity contribution in [3.63, 3.8) is 0 Å². The van der Waals surface area contributed by atoms with E-state index in [9.17, 15) is 4.79 Å². The number of anilines is 1. The van der Waals surface area contributed by atoms with Gasteiger partial charge in [-0.1, -0.05) is 0 Å². The van der Waals surface area contributed by atoms with Crippen LogP contribution in [0.25, 0.3) is 0 Å². The van der Waals surface area contributed by atoms with Gasteiger partial charge in [0.15, 0.2) is 6.29 Å². The van der Waals surface area contributed by atoms with Gasteiger partial charge >= 0.3 is 0 Å². The van der Waals surface area contributed by atoms with E-state index in [0.717, 1.165) is 29.9 Å². The monoisotopic (exact) mass is 225 g/mol. The molecule has 0 bridgehead atoms. The van der Waals surface area contributed by atoms with Gasteiger partial charge in [-0.2, -0.15) is 0 Å². The zero-order valence-electron chi connectivity index (χ0n) is 8.97. The summed E-state index contributed by atoms with van der Waals surface area (Å²) >= 11 is 1.50. The average Bonchev–Trinajstić information content (AvgIpc) is 2.64. The first-order valence-corrected chi connectivity index (χ1v) is 6.01. The molecule has 0 spiro atoms. The summed E-state index contributed by atoms with van der Waals surface area (Å²) in [6.07, 6.45) is 1.42. The van der Waals surface area contributed by atoms with E-state index in [-0.39, 0.29) is 12.2 Å². The van der Waals surface area contributed by atoms with Crippen LogP contribution in [0.2, 0.25) is 0 Å². The molecule has 15 heavy (non-hydrogen) atoms. The van der Waals surface area contributed by atoms with E-state index >= 15 is 0 Å². The quantitative estimate of drug-likeness (QED) is 0.722. The molecule has 1 aromatic rings. The molecule has 1 aliphatic heterocycles. The Hall–Kier alpha value is -0.870. The predicted octanol–water partition coefficient (Wildman–Crippen LogP) is 2.17. The molecule has 1 aliphatic rings. The number of hydrogen-bond acceptors (Lipinski definition) is 4. The Kier molecular flexibility index (Phi) is 3.07. The number of rotatable bonds is 2. The van der Waals surface area contributed by atoms with Crippen molar-refractivity contribution in [2.24, 2.45) is 0 Å². The molecule has 1 fully saturated rings. The molecule has 0 unspecified atom stereocenters. The van der Waals surface area contributed by atoms with Crippen LogP contribution in [0.4, 0.5) is 5.69 Å². The molecule has 3 nitrogen and oxygen atoms in total. The lowest BCUT2D eigenvalue weighted by molar-refractivity contribution is -0.00519. The Balaban J connectivity index is 2.12. The zero-order chi connectivity index (χ0) is 10.8. The summed E-state index contributed by atoms with van der Waals surface area (Å²) in [7, 11) is 0. The molecule has 1 saturated heterocycles. The average molecular weight is 225 g/mol. The largest absolute Gasteiger partial charge is 0.372 e. The van der Waals surface area contributed by atoms with Gasteiger partial charge in [0, 0.05) is 24.2 Å². The molecular weight excluding hydrogens is 210 g/mol. The number of hydrogen-bond donors (Lipinski definition) is 0. The summed E-state index contributed by atoms with van der Waals surface area (Å²) in [5.74, 6) is 0. The van der Waals surface area contributed by atoms with E-state index in [4.69, 9.17) is 4.74 Å². The fourth-order valence-electron chi connectivity index (χ4n) is 1.96. The van der Waals surface area contributed by atoms with Crippen LogP contribution >= 0.6 is 11.3 Å². The molecule has 1 aromatic heterocycles. The smallest absolute Gasteiger partial charge is 0.160 e. The summed E-state index contributed by atoms with van der Waals surface area (Å²) in [6.45, 7) is 5.96. The lowest BCUT2D eigenvalue weighted by Crippen LogP contribution is -2.45. The molecule has 82 valence electrons. The summed E-state index contributed by atoms with van der Waals surface area (Å²) in [5.41, 5.74) is 1.14. The van der Waals surface area contributed by atoms with Crippen molar-refractivity contribution in [2.75, 3.05) is 18.0 Å². The van der Waals surface area contributed by atoms with Gasteiger partial charge in [-0.3, -0.25) is 4.79 Å². The Morgan fingerprint density at radius 2 is 2.13 bits per heavy atom. The molecule has 2 atom stereocenters. The predicted molar refractivity (Wildman–Crippen MR) is 61.9 cm³/mol. The number of aldehydes is 1. The summed E-state index contributed by atoms with van der Waals surface area (Å²) in [5, 5.41) is 2.04. The van der Waals surface area contributed by atoms with Crippen molar-refractivity contribution in [2.45, 2.75) is 26.1 Å². The van der Waals surface area contributed by atoms with Gasteiger partial charge < -0.3 is 9.64 Å². The van der Waals surface area contributed by atoms with Crippen LogP contribution < -0.4 is 4.90 Å². The standard InChI is InChI=1S/C11H15NO2S/c1-8-4-12(5-9(2)14-8)10-3-11(6-13)15-7-10/h3,6-9H,4-5H2,1-2H3/t8-,9+. The van der Waals surface area contributed by atoms with Gasteiger partial charge in [0.25, 0.3) is 0 Å². The van der Waals surface area contributed by atoms with Crippen LogP contribution in [0.3, 0.4) is 0 Å². The first-order valence-electron chi connectivity index (χ1n) is 5.13. The highest BCUT2D eigenvalue weighted by Gasteiger charge is 2.22. The Labute approximate surface area is 93.7 Å². The summed E-state index contributed by atoms with van der Waals surface area (Å²) in [6, 6.07) is 1.95. The first-order chi connectivity index (χ1) is 7.19. The van der Waals surface area contributed by atoms with Crippen LogP contribution in [-0.4, -0.2) is 31.6 Å². The van der Waals surface area contributed by atoms with Crippen LogP contribution in [0, 0.1) is 0 Å². The highest BCUT2D eigenvalue weighted by molar-refractivity contribution is 7.12. The molecule has 0 saturated carbocycles. The minimum atomic E-state index is 0.258. The van der Waals surface area contributed by atoms with Crippen molar-refractivity contribution in [1.29, 1.82) is 0 Å². The van der Waals surface area contributed by atoms with E-state index in [1.165, 1.54) is 11.3 Å². The van der Waals surface area contributed by atoms with Crippen LogP contribution in [-0.2, 0) is 4.74 Å². The maximum atomic E-state index is 10.6. The minimum absolute atomic E-state index is 0.258. The topological polar surface area (TPSA) is 29.5 Å². The van der Waals surface area contributed by atoms with E-state index in [2.05, 4.69) is 18.7 Å². The van der Waals surface area contributed by atoms with Crippen LogP contribution in [0.5, 0.6) is 0 Å². The van der Waals surface area contributed by atoms with E-state index < -0.39 is 0 Å². The van der Waals surface area contributed by atoms with E-state index in [1.807, 2.05) is 11.4 Å². The Bertz CT molecular complexity index is 340. The second-order valence-corrected chi connectivity index (χ2v) is 4.93. The molecule has 0 aliphatic carbocycles. The molecule has 2 rings (SSSR count). The third kappa shape index (κ3) is 2.38. The van der Waals surface area contributed by atoms with Gasteiger partial charge in [-0.05, 0) is 19.9 Å². The fraction of sp³-hybridized carbons (Fsp3) is 0.545. The minimum Gasteiger partial charge on any atom is -0.372 e.